The average Bonchev–Trinajstić information content (AvgIpc) is 3.39. The number of nitrogens with zero attached hydrogens (tertiary/aromatic N) is 6. The number of para-hydroxylation sites is 1. The number of amides is 1. The fourth-order valence-corrected chi connectivity index (χ4v) is 6.11. The van der Waals surface area contributed by atoms with Crippen molar-refractivity contribution in [2.75, 3.05) is 42.6 Å². The van der Waals surface area contributed by atoms with Gasteiger partial charge in [0.1, 0.15) is 18.3 Å². The number of hydrogen-bond donors (Lipinski definition) is 0. The maximum absolute atomic E-state index is 12.9. The molecule has 1 aromatic carbocycles. The fourth-order valence-electron chi connectivity index (χ4n) is 4.41. The van der Waals surface area contributed by atoms with E-state index in [4.69, 9.17) is 0 Å². The first-order valence-corrected chi connectivity index (χ1v) is 12.4. The van der Waals surface area contributed by atoms with E-state index in [1.807, 2.05) is 18.2 Å². The molecular formula is C21H24N6O4S. The Balaban J connectivity index is 1.28. The van der Waals surface area contributed by atoms with Gasteiger partial charge in [-0.25, -0.2) is 18.1 Å². The van der Waals surface area contributed by atoms with Gasteiger partial charge in [-0.05, 0) is 18.6 Å². The smallest absolute Gasteiger partial charge is 0.264 e. The van der Waals surface area contributed by atoms with Crippen LogP contribution in [0.15, 0.2) is 47.7 Å². The zero-order valence-corrected chi connectivity index (χ0v) is 18.3. The zero-order valence-electron chi connectivity index (χ0n) is 17.5. The molecule has 0 radical (unpaired) electrons. The molecule has 2 saturated heterocycles. The molecule has 0 unspecified atom stereocenters. The second-order valence-electron chi connectivity index (χ2n) is 8.26. The van der Waals surface area contributed by atoms with Crippen LogP contribution in [0.4, 0.5) is 5.69 Å². The maximum Gasteiger partial charge on any atom is 0.264 e. The Hall–Kier alpha value is -3.21. The molecule has 11 heteroatoms. The average molecular weight is 457 g/mol. The summed E-state index contributed by atoms with van der Waals surface area (Å²) < 4.78 is 26.4. The molecule has 168 valence electrons. The van der Waals surface area contributed by atoms with Gasteiger partial charge in [0, 0.05) is 31.9 Å². The van der Waals surface area contributed by atoms with Crippen LogP contribution in [0.1, 0.15) is 12.5 Å². The van der Waals surface area contributed by atoms with Crippen LogP contribution in [-0.2, 0) is 21.2 Å². The number of benzene rings is 1. The normalized spacial score (nSPS) is 20.7. The van der Waals surface area contributed by atoms with Crippen LogP contribution in [0.3, 0.4) is 0 Å². The Labute approximate surface area is 185 Å². The van der Waals surface area contributed by atoms with E-state index in [0.717, 1.165) is 18.8 Å². The number of aromatic nitrogens is 4. The Morgan fingerprint density at radius 1 is 1.09 bits per heavy atom. The molecule has 5 rings (SSSR count). The van der Waals surface area contributed by atoms with E-state index < -0.39 is 9.84 Å². The second-order valence-corrected chi connectivity index (χ2v) is 10.5. The van der Waals surface area contributed by atoms with Crippen LogP contribution in [0.5, 0.6) is 0 Å². The van der Waals surface area contributed by atoms with Crippen molar-refractivity contribution in [3.8, 4) is 0 Å². The minimum absolute atomic E-state index is 0.00197. The van der Waals surface area contributed by atoms with E-state index in [0.29, 0.717) is 30.5 Å². The Morgan fingerprint density at radius 2 is 1.84 bits per heavy atom. The van der Waals surface area contributed by atoms with Crippen LogP contribution in [-0.4, -0.2) is 76.2 Å². The number of sulfone groups is 1. The monoisotopic (exact) mass is 456 g/mol. The maximum atomic E-state index is 12.9. The lowest BCUT2D eigenvalue weighted by molar-refractivity contribution is -0.132. The number of carbonyl (C=O) groups excluding carboxylic acids is 1. The SMILES string of the molecule is O=C(Cn1cnc2c(cnn2[C@@H]2CCS(=O)(=O)C2)c1=O)N1CCN(c2ccccc2)CC1. The predicted molar refractivity (Wildman–Crippen MR) is 119 cm³/mol. The van der Waals surface area contributed by atoms with Crippen molar-refractivity contribution in [2.24, 2.45) is 0 Å². The lowest BCUT2D eigenvalue weighted by Gasteiger charge is -2.36. The largest absolute Gasteiger partial charge is 0.368 e. The van der Waals surface area contributed by atoms with E-state index in [1.165, 1.54) is 21.8 Å². The standard InChI is InChI=1S/C21H24N6O4S/c28-19(25-9-7-24(8-10-25)16-4-2-1-3-5-16)13-26-15-22-20-18(21(26)29)12-23-27(20)17-6-11-32(30,31)14-17/h1-5,12,15,17H,6-11,13-14H2/t17-/m1/s1. The summed E-state index contributed by atoms with van der Waals surface area (Å²) in [5.74, 6) is -0.0142. The van der Waals surface area contributed by atoms with E-state index in [1.54, 1.807) is 4.90 Å². The molecule has 0 bridgehead atoms. The van der Waals surface area contributed by atoms with Crippen LogP contribution in [0.2, 0.25) is 0 Å². The van der Waals surface area contributed by atoms with Gasteiger partial charge in [-0.3, -0.25) is 14.2 Å². The summed E-state index contributed by atoms with van der Waals surface area (Å²) in [5, 5.41) is 4.52. The second kappa shape index (κ2) is 8.05. The van der Waals surface area contributed by atoms with E-state index >= 15 is 0 Å². The lowest BCUT2D eigenvalue weighted by atomic mass is 10.2. The number of fused-ring (bicyclic) bond motifs is 1. The molecule has 2 aliphatic heterocycles. The topological polar surface area (TPSA) is 110 Å². The summed E-state index contributed by atoms with van der Waals surface area (Å²) in [6.45, 7) is 2.56. The van der Waals surface area contributed by atoms with Gasteiger partial charge in [-0.15, -0.1) is 0 Å². The number of carbonyl (C=O) groups is 1. The van der Waals surface area contributed by atoms with Crippen molar-refractivity contribution >= 4 is 32.5 Å². The molecular weight excluding hydrogens is 432 g/mol. The molecule has 0 saturated carbocycles. The molecule has 0 aliphatic carbocycles. The van der Waals surface area contributed by atoms with Gasteiger partial charge >= 0.3 is 0 Å². The predicted octanol–water partition coefficient (Wildman–Crippen LogP) is 0.301. The van der Waals surface area contributed by atoms with Gasteiger partial charge in [-0.1, -0.05) is 18.2 Å². The summed E-state index contributed by atoms with van der Waals surface area (Å²) in [6, 6.07) is 9.76. The quantitative estimate of drug-likeness (QED) is 0.555. The first kappa shape index (κ1) is 20.7. The number of anilines is 1. The Morgan fingerprint density at radius 3 is 2.53 bits per heavy atom. The van der Waals surface area contributed by atoms with Crippen LogP contribution < -0.4 is 10.5 Å². The van der Waals surface area contributed by atoms with Crippen molar-refractivity contribution in [2.45, 2.75) is 19.0 Å². The molecule has 0 spiro atoms. The molecule has 0 N–H and O–H groups in total. The highest BCUT2D eigenvalue weighted by atomic mass is 32.2. The van der Waals surface area contributed by atoms with Gasteiger partial charge < -0.3 is 9.80 Å². The number of hydrogen-bond acceptors (Lipinski definition) is 7. The van der Waals surface area contributed by atoms with Gasteiger partial charge in [0.2, 0.25) is 5.91 Å². The number of rotatable bonds is 4. The van der Waals surface area contributed by atoms with Crippen LogP contribution >= 0.6 is 0 Å². The number of piperazine rings is 1. The molecule has 10 nitrogen and oxygen atoms in total. The molecule has 2 aromatic heterocycles. The molecule has 1 amide bonds. The Kier molecular flexibility index (Phi) is 5.20. The highest BCUT2D eigenvalue weighted by Gasteiger charge is 2.31. The van der Waals surface area contributed by atoms with Crippen molar-refractivity contribution < 1.29 is 13.2 Å². The van der Waals surface area contributed by atoms with E-state index in [-0.39, 0.29) is 35.6 Å². The van der Waals surface area contributed by atoms with Crippen molar-refractivity contribution in [3.63, 3.8) is 0 Å². The summed E-state index contributed by atoms with van der Waals surface area (Å²) >= 11 is 0. The summed E-state index contributed by atoms with van der Waals surface area (Å²) in [6.07, 6.45) is 3.22. The summed E-state index contributed by atoms with van der Waals surface area (Å²) in [4.78, 5) is 34.1. The molecule has 1 atom stereocenters. The minimum Gasteiger partial charge on any atom is -0.368 e. The molecule has 2 fully saturated rings. The highest BCUT2D eigenvalue weighted by Crippen LogP contribution is 2.25. The van der Waals surface area contributed by atoms with Crippen molar-refractivity contribution in [3.05, 3.63) is 53.2 Å². The third-order valence-corrected chi connectivity index (χ3v) is 7.94. The van der Waals surface area contributed by atoms with Crippen molar-refractivity contribution in [1.82, 2.24) is 24.2 Å². The van der Waals surface area contributed by atoms with E-state index in [9.17, 15) is 18.0 Å². The summed E-state index contributed by atoms with van der Waals surface area (Å²) in [5.41, 5.74) is 1.15. The molecule has 3 aromatic rings. The van der Waals surface area contributed by atoms with Gasteiger partial charge in [0.15, 0.2) is 15.5 Å². The zero-order chi connectivity index (χ0) is 22.3. The first-order chi connectivity index (χ1) is 15.4. The van der Waals surface area contributed by atoms with Crippen LogP contribution in [0, 0.1) is 0 Å². The Bertz CT molecular complexity index is 1310. The van der Waals surface area contributed by atoms with Gasteiger partial charge in [-0.2, -0.15) is 5.10 Å². The third-order valence-electron chi connectivity index (χ3n) is 6.19. The van der Waals surface area contributed by atoms with E-state index in [2.05, 4.69) is 27.1 Å². The molecule has 2 aliphatic rings. The lowest BCUT2D eigenvalue weighted by Crippen LogP contribution is -2.50. The molecule has 4 heterocycles. The molecule has 32 heavy (non-hydrogen) atoms. The van der Waals surface area contributed by atoms with Gasteiger partial charge in [0.05, 0.1) is 23.7 Å². The van der Waals surface area contributed by atoms with Gasteiger partial charge in [0.25, 0.3) is 5.56 Å². The third kappa shape index (κ3) is 3.88. The fraction of sp³-hybridized carbons (Fsp3) is 0.429. The van der Waals surface area contributed by atoms with Crippen LogP contribution in [0.25, 0.3) is 11.0 Å². The first-order valence-electron chi connectivity index (χ1n) is 10.6. The minimum atomic E-state index is -3.08. The summed E-state index contributed by atoms with van der Waals surface area (Å²) in [7, 11) is -3.08. The highest BCUT2D eigenvalue weighted by molar-refractivity contribution is 7.91. The van der Waals surface area contributed by atoms with Crippen molar-refractivity contribution in [1.29, 1.82) is 0 Å².